The maximum absolute atomic E-state index is 12.6. The van der Waals surface area contributed by atoms with Crippen molar-refractivity contribution in [3.8, 4) is 11.4 Å². The lowest BCUT2D eigenvalue weighted by Gasteiger charge is -2.38. The monoisotopic (exact) mass is 497 g/mol. The van der Waals surface area contributed by atoms with E-state index in [1.807, 2.05) is 62.9 Å². The molecule has 2 aromatic heterocycles. The lowest BCUT2D eigenvalue weighted by molar-refractivity contribution is 0.0693. The number of carboxylic acids is 1. The van der Waals surface area contributed by atoms with Gasteiger partial charge in [0.05, 0.1) is 35.6 Å². The number of carbonyl (C=O) groups is 1. The second-order valence-electron chi connectivity index (χ2n) is 9.90. The largest absolute Gasteiger partial charge is 0.477 e. The number of aryl methyl sites for hydroxylation is 1. The van der Waals surface area contributed by atoms with Crippen LogP contribution in [0.3, 0.4) is 0 Å². The van der Waals surface area contributed by atoms with E-state index in [2.05, 4.69) is 26.8 Å². The molecule has 0 radical (unpaired) electrons. The zero-order valence-corrected chi connectivity index (χ0v) is 23.4. The lowest BCUT2D eigenvalue weighted by atomic mass is 9.85. The van der Waals surface area contributed by atoms with Crippen molar-refractivity contribution in [3.63, 3.8) is 0 Å². The zero-order chi connectivity index (χ0) is 27.2. The maximum Gasteiger partial charge on any atom is 0.341 e. The van der Waals surface area contributed by atoms with Gasteiger partial charge in [0.1, 0.15) is 5.56 Å². The maximum atomic E-state index is 12.6. The molecule has 0 fully saturated rings. The van der Waals surface area contributed by atoms with Crippen LogP contribution < -0.4 is 5.43 Å². The molecule has 1 aromatic carbocycles. The molecule has 7 heteroatoms. The molecule has 0 amide bonds. The third-order valence-corrected chi connectivity index (χ3v) is 6.13. The van der Waals surface area contributed by atoms with Crippen LogP contribution >= 0.6 is 0 Å². The fourth-order valence-electron chi connectivity index (χ4n) is 4.50. The molecule has 1 N–H and O–H groups in total. The van der Waals surface area contributed by atoms with E-state index in [1.165, 1.54) is 12.3 Å². The van der Waals surface area contributed by atoms with Crippen LogP contribution in [0, 0.1) is 5.41 Å². The molecular formula is C29H43N3O4. The molecule has 0 spiro atoms. The van der Waals surface area contributed by atoms with Crippen LogP contribution in [0.2, 0.25) is 0 Å². The first kappa shape index (κ1) is 29.3. The quantitative estimate of drug-likeness (QED) is 0.389. The van der Waals surface area contributed by atoms with Crippen LogP contribution in [-0.4, -0.2) is 38.1 Å². The molecule has 3 heterocycles. The van der Waals surface area contributed by atoms with Gasteiger partial charge in [-0.15, -0.1) is 0 Å². The van der Waals surface area contributed by atoms with Crippen molar-refractivity contribution >= 4 is 16.9 Å². The molecule has 1 atom stereocenters. The van der Waals surface area contributed by atoms with E-state index in [0.717, 1.165) is 35.0 Å². The van der Waals surface area contributed by atoms with Crippen molar-refractivity contribution in [1.82, 2.24) is 14.3 Å². The van der Waals surface area contributed by atoms with Gasteiger partial charge in [-0.05, 0) is 37.7 Å². The van der Waals surface area contributed by atoms with E-state index in [4.69, 9.17) is 9.84 Å². The summed E-state index contributed by atoms with van der Waals surface area (Å²) in [5.74, 6) is -1.20. The minimum atomic E-state index is -1.20. The van der Waals surface area contributed by atoms with Gasteiger partial charge in [-0.25, -0.2) is 4.79 Å². The summed E-state index contributed by atoms with van der Waals surface area (Å²) in [6.07, 6.45) is 3.48. The third-order valence-electron chi connectivity index (χ3n) is 6.13. The number of benzene rings is 1. The van der Waals surface area contributed by atoms with Gasteiger partial charge in [-0.2, -0.15) is 5.10 Å². The smallest absolute Gasteiger partial charge is 0.341 e. The summed E-state index contributed by atoms with van der Waals surface area (Å²) in [4.78, 5) is 24.3. The molecule has 0 aliphatic carbocycles. The summed E-state index contributed by atoms with van der Waals surface area (Å²) in [6.45, 7) is 19.7. The Labute approximate surface area is 215 Å². The Bertz CT molecular complexity index is 1230. The number of hydrogen-bond acceptors (Lipinski definition) is 4. The fraction of sp³-hybridized carbons (Fsp3) is 0.552. The van der Waals surface area contributed by atoms with Crippen LogP contribution in [-0.2, 0) is 17.7 Å². The van der Waals surface area contributed by atoms with Crippen molar-refractivity contribution in [2.75, 3.05) is 6.61 Å². The number of fused-ring (bicyclic) bond motifs is 5. The summed E-state index contributed by atoms with van der Waals surface area (Å²) < 4.78 is 9.64. The number of aromatic nitrogens is 3. The Balaban J connectivity index is 0.00000109. The normalized spacial score (nSPS) is 14.3. The minimum absolute atomic E-state index is 0.0408. The summed E-state index contributed by atoms with van der Waals surface area (Å²) in [7, 11) is 0. The van der Waals surface area contributed by atoms with Crippen LogP contribution in [0.25, 0.3) is 22.3 Å². The number of hydrogen-bond donors (Lipinski definition) is 1. The van der Waals surface area contributed by atoms with Crippen molar-refractivity contribution in [3.05, 3.63) is 51.8 Å². The van der Waals surface area contributed by atoms with Gasteiger partial charge in [0, 0.05) is 24.3 Å². The number of nitrogens with zero attached hydrogens (tertiary/aromatic N) is 3. The standard InChI is InChI=1S/C25H31N3O4.2C2H6/c1-15(2)32-11-7-9-16-8-6-10-17-22(16)26-28-14-21(25(3,4)5)27-13-18(24(30)31)20(29)12-19(27)23(17)28;2*1-2/h6,8,10,12-13,15,21H,7,9,11,14H2,1-5H3,(H,30,31);2*1-2H3. The summed E-state index contributed by atoms with van der Waals surface area (Å²) in [5.41, 5.74) is 2.83. The molecule has 0 bridgehead atoms. The van der Waals surface area contributed by atoms with E-state index in [9.17, 15) is 14.7 Å². The molecule has 1 unspecified atom stereocenters. The second kappa shape index (κ2) is 12.3. The highest BCUT2D eigenvalue weighted by atomic mass is 16.5. The van der Waals surface area contributed by atoms with E-state index >= 15 is 0 Å². The average Bonchev–Trinajstić information content (AvgIpc) is 3.22. The highest BCUT2D eigenvalue weighted by Gasteiger charge is 2.35. The molecule has 1 aliphatic rings. The number of aromatic carboxylic acids is 1. The van der Waals surface area contributed by atoms with Gasteiger partial charge in [0.2, 0.25) is 0 Å². The predicted molar refractivity (Wildman–Crippen MR) is 147 cm³/mol. The van der Waals surface area contributed by atoms with Gasteiger partial charge in [0.25, 0.3) is 0 Å². The van der Waals surface area contributed by atoms with Crippen molar-refractivity contribution in [2.45, 2.75) is 93.8 Å². The molecule has 36 heavy (non-hydrogen) atoms. The number of pyridine rings is 1. The first-order valence-corrected chi connectivity index (χ1v) is 13.2. The third kappa shape index (κ3) is 6.06. The zero-order valence-electron chi connectivity index (χ0n) is 23.4. The molecule has 3 aromatic rings. The highest BCUT2D eigenvalue weighted by molar-refractivity contribution is 5.95. The van der Waals surface area contributed by atoms with E-state index < -0.39 is 11.4 Å². The van der Waals surface area contributed by atoms with Gasteiger partial charge < -0.3 is 14.4 Å². The van der Waals surface area contributed by atoms with E-state index in [-0.39, 0.29) is 23.1 Å². The Kier molecular flexibility index (Phi) is 10.1. The Hall–Kier alpha value is -2.93. The van der Waals surface area contributed by atoms with E-state index in [1.54, 1.807) is 0 Å². The van der Waals surface area contributed by atoms with Gasteiger partial charge in [-0.3, -0.25) is 9.48 Å². The lowest BCUT2D eigenvalue weighted by Crippen LogP contribution is -2.35. The summed E-state index contributed by atoms with van der Waals surface area (Å²) >= 11 is 0. The SMILES string of the molecule is CC.CC.CC(C)OCCCc1cccc2c3n(nc12)CC(C(C)(C)C)n1cc(C(=O)O)c(=O)cc1-3. The average molecular weight is 498 g/mol. The first-order chi connectivity index (χ1) is 17.1. The Morgan fingerprint density at radius 2 is 1.86 bits per heavy atom. The van der Waals surface area contributed by atoms with Crippen LogP contribution in [0.4, 0.5) is 0 Å². The number of rotatable bonds is 6. The second-order valence-corrected chi connectivity index (χ2v) is 9.90. The number of carboxylic acid groups (broad SMARTS) is 1. The first-order valence-electron chi connectivity index (χ1n) is 13.2. The van der Waals surface area contributed by atoms with Crippen LogP contribution in [0.5, 0.6) is 0 Å². The van der Waals surface area contributed by atoms with Gasteiger partial charge in [0.15, 0.2) is 5.43 Å². The topological polar surface area (TPSA) is 86.3 Å². The summed E-state index contributed by atoms with van der Waals surface area (Å²) in [5, 5.41) is 15.5. The van der Waals surface area contributed by atoms with Gasteiger partial charge in [-0.1, -0.05) is 66.7 Å². The van der Waals surface area contributed by atoms with Gasteiger partial charge >= 0.3 is 5.97 Å². The molecular weight excluding hydrogens is 454 g/mol. The predicted octanol–water partition coefficient (Wildman–Crippen LogP) is 6.57. The summed E-state index contributed by atoms with van der Waals surface area (Å²) in [6, 6.07) is 7.56. The van der Waals surface area contributed by atoms with Crippen molar-refractivity contribution in [1.29, 1.82) is 0 Å². The molecule has 4 rings (SSSR count). The molecule has 0 saturated heterocycles. The molecule has 1 aliphatic heterocycles. The van der Waals surface area contributed by atoms with Crippen LogP contribution in [0.15, 0.2) is 35.3 Å². The molecule has 7 nitrogen and oxygen atoms in total. The molecule has 0 saturated carbocycles. The number of ether oxygens (including phenoxy) is 1. The fourth-order valence-corrected chi connectivity index (χ4v) is 4.50. The van der Waals surface area contributed by atoms with E-state index in [0.29, 0.717) is 18.8 Å². The van der Waals surface area contributed by atoms with Crippen LogP contribution in [0.1, 0.15) is 90.7 Å². The highest BCUT2D eigenvalue weighted by Crippen LogP contribution is 2.42. The Morgan fingerprint density at radius 3 is 2.44 bits per heavy atom. The van der Waals surface area contributed by atoms with Crippen molar-refractivity contribution < 1.29 is 14.6 Å². The molecule has 198 valence electrons. The van der Waals surface area contributed by atoms with Crippen molar-refractivity contribution in [2.24, 2.45) is 5.41 Å². The Morgan fingerprint density at radius 1 is 1.19 bits per heavy atom. The minimum Gasteiger partial charge on any atom is -0.477 e.